The Morgan fingerprint density at radius 3 is 2.43 bits per heavy atom. The Labute approximate surface area is 137 Å². The van der Waals surface area contributed by atoms with Gasteiger partial charge in [0.05, 0.1) is 23.2 Å². The Balaban J connectivity index is 2.30. The summed E-state index contributed by atoms with van der Waals surface area (Å²) in [7, 11) is 1.54. The second-order valence-electron chi connectivity index (χ2n) is 4.47. The minimum Gasteiger partial charge on any atom is -0.495 e. The summed E-state index contributed by atoms with van der Waals surface area (Å²) in [5.74, 6) is 0.0451. The van der Waals surface area contributed by atoms with Crippen LogP contribution in [0.25, 0.3) is 0 Å². The van der Waals surface area contributed by atoms with Gasteiger partial charge in [0.15, 0.2) is 0 Å². The van der Waals surface area contributed by atoms with Gasteiger partial charge in [0.1, 0.15) is 11.6 Å². The molecule has 2 rings (SSSR count). The number of methoxy groups -OCH3 is 1. The van der Waals surface area contributed by atoms with E-state index in [1.165, 1.54) is 19.2 Å². The van der Waals surface area contributed by atoms with Gasteiger partial charge in [0, 0.05) is 22.3 Å². The van der Waals surface area contributed by atoms with Crippen molar-refractivity contribution in [3.05, 3.63) is 56.8 Å². The van der Waals surface area contributed by atoms with Gasteiger partial charge in [0.25, 0.3) is 0 Å². The van der Waals surface area contributed by atoms with E-state index in [1.807, 2.05) is 6.92 Å². The molecule has 0 heterocycles. The maximum Gasteiger partial charge on any atom is 0.142 e. The second kappa shape index (κ2) is 6.73. The maximum atomic E-state index is 13.6. The summed E-state index contributed by atoms with van der Waals surface area (Å²) in [6, 6.07) is 7.70. The molecule has 2 aromatic carbocycles. The third kappa shape index (κ3) is 3.54. The van der Waals surface area contributed by atoms with Crippen LogP contribution in [-0.2, 0) is 0 Å². The van der Waals surface area contributed by atoms with Crippen molar-refractivity contribution in [1.82, 2.24) is 0 Å². The van der Waals surface area contributed by atoms with Gasteiger partial charge in [-0.2, -0.15) is 0 Å². The SMILES string of the molecule is COc1cc(NC(C)c2c(Cl)ccc(F)c2Cl)ccc1Cl. The first-order valence-electron chi connectivity index (χ1n) is 6.17. The summed E-state index contributed by atoms with van der Waals surface area (Å²) in [4.78, 5) is 0. The van der Waals surface area contributed by atoms with E-state index in [4.69, 9.17) is 39.5 Å². The summed E-state index contributed by atoms with van der Waals surface area (Å²) in [5.41, 5.74) is 1.27. The number of benzene rings is 2. The summed E-state index contributed by atoms with van der Waals surface area (Å²) in [6.45, 7) is 1.84. The fraction of sp³-hybridized carbons (Fsp3) is 0.200. The first-order valence-corrected chi connectivity index (χ1v) is 7.31. The third-order valence-electron chi connectivity index (χ3n) is 3.05. The molecule has 1 unspecified atom stereocenters. The third-order valence-corrected chi connectivity index (χ3v) is 4.07. The van der Waals surface area contributed by atoms with Crippen LogP contribution in [0.15, 0.2) is 30.3 Å². The van der Waals surface area contributed by atoms with Gasteiger partial charge in [0.2, 0.25) is 0 Å². The van der Waals surface area contributed by atoms with E-state index in [2.05, 4.69) is 5.32 Å². The van der Waals surface area contributed by atoms with Crippen LogP contribution < -0.4 is 10.1 Å². The standard InChI is InChI=1S/C15H13Cl3FNO/c1-8(14-11(17)5-6-12(19)15(14)18)20-9-3-4-10(16)13(7-9)21-2/h3-8,20H,1-2H3. The Morgan fingerprint density at radius 2 is 1.76 bits per heavy atom. The molecule has 1 N–H and O–H groups in total. The van der Waals surface area contributed by atoms with Crippen LogP contribution in [0.3, 0.4) is 0 Å². The minimum atomic E-state index is -0.501. The van der Waals surface area contributed by atoms with Gasteiger partial charge in [-0.05, 0) is 31.2 Å². The molecule has 0 aromatic heterocycles. The molecular formula is C15H13Cl3FNO. The predicted octanol–water partition coefficient (Wildman–Crippen LogP) is 5.97. The number of ether oxygens (including phenoxy) is 1. The molecule has 0 saturated heterocycles. The highest BCUT2D eigenvalue weighted by Gasteiger charge is 2.17. The van der Waals surface area contributed by atoms with E-state index in [0.717, 1.165) is 5.69 Å². The highest BCUT2D eigenvalue weighted by atomic mass is 35.5. The van der Waals surface area contributed by atoms with Crippen LogP contribution in [0.5, 0.6) is 5.75 Å². The Hall–Kier alpha value is -1.16. The van der Waals surface area contributed by atoms with E-state index in [0.29, 0.717) is 21.4 Å². The molecule has 0 fully saturated rings. The molecule has 0 bridgehead atoms. The largest absolute Gasteiger partial charge is 0.495 e. The summed E-state index contributed by atoms with van der Waals surface area (Å²) >= 11 is 18.1. The Morgan fingerprint density at radius 1 is 1.10 bits per heavy atom. The number of nitrogens with one attached hydrogen (secondary N) is 1. The zero-order valence-electron chi connectivity index (χ0n) is 11.4. The van der Waals surface area contributed by atoms with Crippen LogP contribution in [0.1, 0.15) is 18.5 Å². The lowest BCUT2D eigenvalue weighted by atomic mass is 10.1. The van der Waals surface area contributed by atoms with E-state index in [1.54, 1.807) is 18.2 Å². The summed E-state index contributed by atoms with van der Waals surface area (Å²) < 4.78 is 18.7. The molecule has 1 atom stereocenters. The van der Waals surface area contributed by atoms with Crippen LogP contribution in [0.2, 0.25) is 15.1 Å². The average molecular weight is 349 g/mol. The van der Waals surface area contributed by atoms with Gasteiger partial charge < -0.3 is 10.1 Å². The molecule has 0 aliphatic rings. The van der Waals surface area contributed by atoms with Crippen molar-refractivity contribution in [3.8, 4) is 5.75 Å². The quantitative estimate of drug-likeness (QED) is 0.687. The van der Waals surface area contributed by atoms with E-state index in [-0.39, 0.29) is 11.1 Å². The van der Waals surface area contributed by atoms with E-state index < -0.39 is 5.82 Å². The Bertz CT molecular complexity index is 664. The van der Waals surface area contributed by atoms with E-state index in [9.17, 15) is 4.39 Å². The Kier molecular flexibility index (Phi) is 5.20. The molecule has 0 amide bonds. The zero-order valence-corrected chi connectivity index (χ0v) is 13.7. The maximum absolute atomic E-state index is 13.6. The normalized spacial score (nSPS) is 12.1. The molecule has 0 spiro atoms. The lowest BCUT2D eigenvalue weighted by Crippen LogP contribution is -2.08. The van der Waals surface area contributed by atoms with Crippen LogP contribution >= 0.6 is 34.8 Å². The van der Waals surface area contributed by atoms with Gasteiger partial charge in [-0.3, -0.25) is 0 Å². The first-order chi connectivity index (χ1) is 9.93. The van der Waals surface area contributed by atoms with Gasteiger partial charge in [-0.1, -0.05) is 34.8 Å². The smallest absolute Gasteiger partial charge is 0.142 e. The van der Waals surface area contributed by atoms with Crippen molar-refractivity contribution in [2.45, 2.75) is 13.0 Å². The molecule has 0 aliphatic carbocycles. The molecule has 2 aromatic rings. The van der Waals surface area contributed by atoms with Gasteiger partial charge in [-0.25, -0.2) is 4.39 Å². The second-order valence-corrected chi connectivity index (χ2v) is 5.66. The fourth-order valence-electron chi connectivity index (χ4n) is 2.01. The monoisotopic (exact) mass is 347 g/mol. The van der Waals surface area contributed by atoms with Crippen molar-refractivity contribution in [1.29, 1.82) is 0 Å². The molecule has 112 valence electrons. The summed E-state index contributed by atoms with van der Waals surface area (Å²) in [6.07, 6.45) is 0. The summed E-state index contributed by atoms with van der Waals surface area (Å²) in [5, 5.41) is 4.13. The van der Waals surface area contributed by atoms with Crippen molar-refractivity contribution < 1.29 is 9.13 Å². The molecule has 2 nitrogen and oxygen atoms in total. The number of hydrogen-bond donors (Lipinski definition) is 1. The van der Waals surface area contributed by atoms with Crippen LogP contribution in [0, 0.1) is 5.82 Å². The molecule has 6 heteroatoms. The van der Waals surface area contributed by atoms with E-state index >= 15 is 0 Å². The first kappa shape index (κ1) is 16.2. The van der Waals surface area contributed by atoms with Crippen molar-refractivity contribution in [3.63, 3.8) is 0 Å². The number of anilines is 1. The average Bonchev–Trinajstić information content (AvgIpc) is 2.45. The van der Waals surface area contributed by atoms with Crippen molar-refractivity contribution in [2.24, 2.45) is 0 Å². The lowest BCUT2D eigenvalue weighted by Gasteiger charge is -2.19. The zero-order chi connectivity index (χ0) is 15.6. The predicted molar refractivity (Wildman–Crippen MR) is 86.5 cm³/mol. The molecule has 0 radical (unpaired) electrons. The van der Waals surface area contributed by atoms with Gasteiger partial charge in [-0.15, -0.1) is 0 Å². The topological polar surface area (TPSA) is 21.3 Å². The number of halogens is 4. The highest BCUT2D eigenvalue weighted by Crippen LogP contribution is 2.35. The van der Waals surface area contributed by atoms with Crippen molar-refractivity contribution >= 4 is 40.5 Å². The van der Waals surface area contributed by atoms with Gasteiger partial charge >= 0.3 is 0 Å². The molecule has 0 saturated carbocycles. The number of rotatable bonds is 4. The number of hydrogen-bond acceptors (Lipinski definition) is 2. The fourth-order valence-corrected chi connectivity index (χ4v) is 2.90. The van der Waals surface area contributed by atoms with Crippen LogP contribution in [0.4, 0.5) is 10.1 Å². The molecular weight excluding hydrogens is 336 g/mol. The molecule has 0 aliphatic heterocycles. The minimum absolute atomic E-state index is 0.0171. The lowest BCUT2D eigenvalue weighted by molar-refractivity contribution is 0.415. The van der Waals surface area contributed by atoms with Crippen molar-refractivity contribution in [2.75, 3.05) is 12.4 Å². The molecule has 21 heavy (non-hydrogen) atoms. The highest BCUT2D eigenvalue weighted by molar-refractivity contribution is 6.36. The van der Waals surface area contributed by atoms with Crippen LogP contribution in [-0.4, -0.2) is 7.11 Å².